The fourth-order valence-corrected chi connectivity index (χ4v) is 4.23. The van der Waals surface area contributed by atoms with Crippen LogP contribution >= 0.6 is 11.3 Å². The van der Waals surface area contributed by atoms with Crippen LogP contribution in [0.5, 0.6) is 0 Å². The van der Waals surface area contributed by atoms with E-state index in [-0.39, 0.29) is 5.91 Å². The first-order valence-corrected chi connectivity index (χ1v) is 9.19. The molecule has 122 valence electrons. The van der Waals surface area contributed by atoms with Gasteiger partial charge in [-0.1, -0.05) is 0 Å². The van der Waals surface area contributed by atoms with Crippen molar-refractivity contribution >= 4 is 17.2 Å². The first kappa shape index (κ1) is 14.8. The van der Waals surface area contributed by atoms with Crippen LogP contribution in [0.15, 0.2) is 5.38 Å². The van der Waals surface area contributed by atoms with Crippen molar-refractivity contribution in [1.29, 1.82) is 0 Å². The summed E-state index contributed by atoms with van der Waals surface area (Å²) in [5, 5.41) is 11.7. The third-order valence-electron chi connectivity index (χ3n) is 4.85. The molecule has 2 aliphatic heterocycles. The molecule has 4 heterocycles. The minimum atomic E-state index is 0.195. The number of amides is 1. The normalized spacial score (nSPS) is 18.4. The van der Waals surface area contributed by atoms with E-state index in [1.165, 1.54) is 6.42 Å². The second-order valence-electron chi connectivity index (χ2n) is 6.42. The summed E-state index contributed by atoms with van der Waals surface area (Å²) in [6.45, 7) is 4.66. The van der Waals surface area contributed by atoms with E-state index in [1.807, 2.05) is 17.2 Å². The fourth-order valence-electron chi connectivity index (χ4n) is 3.62. The Morgan fingerprint density at radius 3 is 2.87 bits per heavy atom. The van der Waals surface area contributed by atoms with Crippen LogP contribution in [0.4, 0.5) is 0 Å². The molecule has 0 N–H and O–H groups in total. The van der Waals surface area contributed by atoms with Gasteiger partial charge in [0.2, 0.25) is 5.91 Å². The number of piperidine rings is 1. The quantitative estimate of drug-likeness (QED) is 0.862. The molecular weight excluding hydrogens is 310 g/mol. The zero-order valence-electron chi connectivity index (χ0n) is 13.4. The first-order chi connectivity index (χ1) is 11.2. The summed E-state index contributed by atoms with van der Waals surface area (Å²) in [4.78, 5) is 18.8. The van der Waals surface area contributed by atoms with E-state index in [9.17, 15) is 4.79 Å². The first-order valence-electron chi connectivity index (χ1n) is 8.31. The molecule has 0 radical (unpaired) electrons. The van der Waals surface area contributed by atoms with Crippen molar-refractivity contribution < 1.29 is 4.79 Å². The third-order valence-corrected chi connectivity index (χ3v) is 5.67. The Morgan fingerprint density at radius 2 is 2.13 bits per heavy atom. The van der Waals surface area contributed by atoms with Crippen molar-refractivity contribution in [2.45, 2.75) is 51.5 Å². The van der Waals surface area contributed by atoms with Crippen molar-refractivity contribution in [3.63, 3.8) is 0 Å². The lowest BCUT2D eigenvalue weighted by molar-refractivity contribution is -0.131. The van der Waals surface area contributed by atoms with Gasteiger partial charge in [-0.15, -0.1) is 21.5 Å². The molecule has 2 aromatic heterocycles. The molecule has 0 bridgehead atoms. The maximum Gasteiger partial charge on any atom is 0.228 e. The van der Waals surface area contributed by atoms with E-state index < -0.39 is 0 Å². The fraction of sp³-hybridized carbons (Fsp3) is 0.625. The molecule has 1 saturated heterocycles. The molecule has 1 fully saturated rings. The van der Waals surface area contributed by atoms with E-state index in [4.69, 9.17) is 0 Å². The number of carbonyl (C=O) groups excluding carboxylic acids is 1. The number of fused-ring (bicyclic) bond motifs is 1. The van der Waals surface area contributed by atoms with E-state index in [0.717, 1.165) is 61.2 Å². The van der Waals surface area contributed by atoms with Crippen LogP contribution in [-0.4, -0.2) is 43.6 Å². The number of thiazole rings is 1. The average molecular weight is 331 g/mol. The number of likely N-dealkylation sites (tertiary alicyclic amines) is 1. The zero-order chi connectivity index (χ0) is 15.8. The topological polar surface area (TPSA) is 63.9 Å². The minimum absolute atomic E-state index is 0.195. The number of aryl methyl sites for hydroxylation is 2. The smallest absolute Gasteiger partial charge is 0.228 e. The summed E-state index contributed by atoms with van der Waals surface area (Å²) in [7, 11) is 0. The molecule has 0 aromatic carbocycles. The molecule has 0 aliphatic carbocycles. The maximum atomic E-state index is 12.4. The van der Waals surface area contributed by atoms with Crippen LogP contribution in [0, 0.1) is 6.92 Å². The Labute approximate surface area is 139 Å². The van der Waals surface area contributed by atoms with Gasteiger partial charge in [-0.3, -0.25) is 4.79 Å². The van der Waals surface area contributed by atoms with Gasteiger partial charge in [-0.2, -0.15) is 0 Å². The second-order valence-corrected chi connectivity index (χ2v) is 7.48. The number of hydrogen-bond donors (Lipinski definition) is 0. The van der Waals surface area contributed by atoms with Crippen molar-refractivity contribution in [2.24, 2.45) is 0 Å². The molecule has 0 atom stereocenters. The van der Waals surface area contributed by atoms with Gasteiger partial charge in [0.15, 0.2) is 0 Å². The van der Waals surface area contributed by atoms with Gasteiger partial charge < -0.3 is 9.47 Å². The standard InChI is InChI=1S/C16H21N5OS/c1-11-17-13(10-23-11)9-15(22)20-7-4-12(5-8-20)16-19-18-14-3-2-6-21(14)16/h10,12H,2-9H2,1H3. The highest BCUT2D eigenvalue weighted by Gasteiger charge is 2.29. The minimum Gasteiger partial charge on any atom is -0.342 e. The predicted molar refractivity (Wildman–Crippen MR) is 87.5 cm³/mol. The Balaban J connectivity index is 1.36. The number of carbonyl (C=O) groups is 1. The summed E-state index contributed by atoms with van der Waals surface area (Å²) >= 11 is 1.60. The van der Waals surface area contributed by atoms with Crippen molar-refractivity contribution in [3.05, 3.63) is 27.7 Å². The van der Waals surface area contributed by atoms with E-state index >= 15 is 0 Å². The molecule has 0 unspecified atom stereocenters. The highest BCUT2D eigenvalue weighted by atomic mass is 32.1. The Bertz CT molecular complexity index is 714. The highest BCUT2D eigenvalue weighted by Crippen LogP contribution is 2.29. The predicted octanol–water partition coefficient (Wildman–Crippen LogP) is 1.94. The van der Waals surface area contributed by atoms with Gasteiger partial charge in [0.25, 0.3) is 0 Å². The molecule has 23 heavy (non-hydrogen) atoms. The second kappa shape index (κ2) is 6.03. The average Bonchev–Trinajstić information content (AvgIpc) is 3.24. The van der Waals surface area contributed by atoms with Gasteiger partial charge in [0.1, 0.15) is 11.6 Å². The van der Waals surface area contributed by atoms with E-state index in [2.05, 4.69) is 19.7 Å². The summed E-state index contributed by atoms with van der Waals surface area (Å²) < 4.78 is 2.29. The Hall–Kier alpha value is -1.76. The molecule has 6 nitrogen and oxygen atoms in total. The molecular formula is C16H21N5OS. The Morgan fingerprint density at radius 1 is 1.30 bits per heavy atom. The summed E-state index contributed by atoms with van der Waals surface area (Å²) in [5.74, 6) is 2.91. The Kier molecular flexibility index (Phi) is 3.88. The molecule has 1 amide bonds. The van der Waals surface area contributed by atoms with Gasteiger partial charge in [0.05, 0.1) is 17.1 Å². The number of hydrogen-bond acceptors (Lipinski definition) is 5. The van der Waals surface area contributed by atoms with Gasteiger partial charge in [-0.25, -0.2) is 4.98 Å². The van der Waals surface area contributed by atoms with Crippen LogP contribution < -0.4 is 0 Å². The zero-order valence-corrected chi connectivity index (χ0v) is 14.2. The van der Waals surface area contributed by atoms with Gasteiger partial charge in [-0.05, 0) is 26.2 Å². The third kappa shape index (κ3) is 2.89. The molecule has 0 spiro atoms. The lowest BCUT2D eigenvalue weighted by Crippen LogP contribution is -2.39. The monoisotopic (exact) mass is 331 g/mol. The van der Waals surface area contributed by atoms with Gasteiger partial charge >= 0.3 is 0 Å². The molecule has 2 aromatic rings. The van der Waals surface area contributed by atoms with E-state index in [0.29, 0.717) is 12.3 Å². The van der Waals surface area contributed by atoms with Crippen LogP contribution in [0.3, 0.4) is 0 Å². The van der Waals surface area contributed by atoms with Crippen molar-refractivity contribution in [3.8, 4) is 0 Å². The van der Waals surface area contributed by atoms with Crippen molar-refractivity contribution in [2.75, 3.05) is 13.1 Å². The van der Waals surface area contributed by atoms with Crippen LogP contribution in [0.25, 0.3) is 0 Å². The van der Waals surface area contributed by atoms with Crippen molar-refractivity contribution in [1.82, 2.24) is 24.6 Å². The maximum absolute atomic E-state index is 12.4. The summed E-state index contributed by atoms with van der Waals surface area (Å²) in [5.41, 5.74) is 0.898. The lowest BCUT2D eigenvalue weighted by Gasteiger charge is -2.31. The number of aromatic nitrogens is 4. The van der Waals surface area contributed by atoms with Gasteiger partial charge in [0, 0.05) is 37.4 Å². The summed E-state index contributed by atoms with van der Waals surface area (Å²) in [6.07, 6.45) is 4.63. The largest absolute Gasteiger partial charge is 0.342 e. The summed E-state index contributed by atoms with van der Waals surface area (Å²) in [6, 6.07) is 0. The molecule has 4 rings (SSSR count). The molecule has 0 saturated carbocycles. The molecule has 2 aliphatic rings. The van der Waals surface area contributed by atoms with E-state index in [1.54, 1.807) is 11.3 Å². The molecule has 7 heteroatoms. The number of nitrogens with zero attached hydrogens (tertiary/aromatic N) is 5. The lowest BCUT2D eigenvalue weighted by atomic mass is 9.95. The van der Waals surface area contributed by atoms with Crippen LogP contribution in [0.2, 0.25) is 0 Å². The van der Waals surface area contributed by atoms with Crippen LogP contribution in [0.1, 0.15) is 47.5 Å². The van der Waals surface area contributed by atoms with Crippen LogP contribution in [-0.2, 0) is 24.2 Å². The highest BCUT2D eigenvalue weighted by molar-refractivity contribution is 7.09. The SMILES string of the molecule is Cc1nc(CC(=O)N2CCC(c3nnc4n3CCC4)CC2)cs1. The number of rotatable bonds is 3.